The van der Waals surface area contributed by atoms with Gasteiger partial charge in [-0.25, -0.2) is 9.78 Å². The van der Waals surface area contributed by atoms with Crippen LogP contribution in [0, 0.1) is 0 Å². The Bertz CT molecular complexity index is 482. The van der Waals surface area contributed by atoms with E-state index in [1.165, 1.54) is 12.5 Å². The predicted molar refractivity (Wildman–Crippen MR) is 61.8 cm³/mol. The summed E-state index contributed by atoms with van der Waals surface area (Å²) in [5.74, 6) is 0.344. The summed E-state index contributed by atoms with van der Waals surface area (Å²) < 4.78 is 9.80. The molecule has 0 aliphatic carbocycles. The van der Waals surface area contributed by atoms with Gasteiger partial charge >= 0.3 is 6.09 Å². The number of aromatic nitrogens is 1. The van der Waals surface area contributed by atoms with Crippen molar-refractivity contribution in [3.63, 3.8) is 0 Å². The van der Waals surface area contributed by atoms with Crippen LogP contribution in [0.3, 0.4) is 0 Å². The number of carbonyl (C=O) groups excluding carboxylic acids is 1. The third-order valence-electron chi connectivity index (χ3n) is 1.90. The van der Waals surface area contributed by atoms with Gasteiger partial charge in [-0.05, 0) is 24.3 Å². The van der Waals surface area contributed by atoms with Gasteiger partial charge in [0.05, 0.1) is 6.20 Å². The van der Waals surface area contributed by atoms with E-state index in [0.717, 1.165) is 0 Å². The molecule has 0 aliphatic heterocycles. The van der Waals surface area contributed by atoms with Gasteiger partial charge in [-0.2, -0.15) is 0 Å². The van der Waals surface area contributed by atoms with E-state index in [-0.39, 0.29) is 6.61 Å². The summed E-state index contributed by atoms with van der Waals surface area (Å²) in [5.41, 5.74) is 0.604. The van der Waals surface area contributed by atoms with Gasteiger partial charge in [0, 0.05) is 10.7 Å². The molecule has 0 saturated carbocycles. The van der Waals surface area contributed by atoms with E-state index in [1.54, 1.807) is 24.3 Å². The lowest BCUT2D eigenvalue weighted by Crippen LogP contribution is -2.13. The number of oxazole rings is 1. The average Bonchev–Trinajstić information content (AvgIpc) is 2.83. The fraction of sp³-hybridized carbons (Fsp3) is 0.0909. The van der Waals surface area contributed by atoms with Crippen molar-refractivity contribution in [2.75, 3.05) is 5.32 Å². The van der Waals surface area contributed by atoms with E-state index in [4.69, 9.17) is 20.8 Å². The van der Waals surface area contributed by atoms with Crippen molar-refractivity contribution in [1.82, 2.24) is 4.98 Å². The molecule has 1 N–H and O–H groups in total. The molecular weight excluding hydrogens is 244 g/mol. The van der Waals surface area contributed by atoms with Crippen LogP contribution in [0.4, 0.5) is 10.5 Å². The molecule has 2 rings (SSSR count). The molecule has 0 atom stereocenters. The number of anilines is 1. The maximum atomic E-state index is 11.4. The Morgan fingerprint density at radius 1 is 1.41 bits per heavy atom. The van der Waals surface area contributed by atoms with Crippen LogP contribution in [0.25, 0.3) is 0 Å². The second-order valence-corrected chi connectivity index (χ2v) is 3.57. The van der Waals surface area contributed by atoms with E-state index in [0.29, 0.717) is 16.6 Å². The maximum Gasteiger partial charge on any atom is 0.412 e. The molecule has 1 heterocycles. The molecule has 0 spiro atoms. The Morgan fingerprint density at radius 3 is 2.82 bits per heavy atom. The number of rotatable bonds is 3. The lowest BCUT2D eigenvalue weighted by molar-refractivity contribution is 0.143. The van der Waals surface area contributed by atoms with Gasteiger partial charge < -0.3 is 9.15 Å². The first-order valence-corrected chi connectivity index (χ1v) is 5.19. The third-order valence-corrected chi connectivity index (χ3v) is 2.15. The SMILES string of the molecule is O=C(Nc1ccc(Cl)cc1)OCc1ncco1. The highest BCUT2D eigenvalue weighted by Gasteiger charge is 2.05. The molecule has 0 saturated heterocycles. The Hall–Kier alpha value is -2.01. The summed E-state index contributed by atoms with van der Waals surface area (Å²) in [4.78, 5) is 15.2. The maximum absolute atomic E-state index is 11.4. The first-order chi connectivity index (χ1) is 8.24. The van der Waals surface area contributed by atoms with Gasteiger partial charge in [-0.3, -0.25) is 5.32 Å². The fourth-order valence-corrected chi connectivity index (χ4v) is 1.26. The number of hydrogen-bond donors (Lipinski definition) is 1. The largest absolute Gasteiger partial charge is 0.446 e. The summed E-state index contributed by atoms with van der Waals surface area (Å²) in [6, 6.07) is 6.69. The first kappa shape index (κ1) is 11.5. The van der Waals surface area contributed by atoms with Gasteiger partial charge in [-0.1, -0.05) is 11.6 Å². The molecule has 88 valence electrons. The predicted octanol–water partition coefficient (Wildman–Crippen LogP) is 3.08. The van der Waals surface area contributed by atoms with Gasteiger partial charge in [0.15, 0.2) is 6.61 Å². The Balaban J connectivity index is 1.83. The summed E-state index contributed by atoms with van der Waals surface area (Å²) in [6.45, 7) is -0.00752. The minimum Gasteiger partial charge on any atom is -0.446 e. The number of hydrogen-bond acceptors (Lipinski definition) is 4. The Morgan fingerprint density at radius 2 is 2.18 bits per heavy atom. The van der Waals surface area contributed by atoms with Crippen molar-refractivity contribution >= 4 is 23.4 Å². The van der Waals surface area contributed by atoms with Crippen LogP contribution in [-0.2, 0) is 11.3 Å². The van der Waals surface area contributed by atoms with Crippen molar-refractivity contribution in [2.24, 2.45) is 0 Å². The number of nitrogens with one attached hydrogen (secondary N) is 1. The standard InChI is InChI=1S/C11H9ClN2O3/c12-8-1-3-9(4-2-8)14-11(15)17-7-10-13-5-6-16-10/h1-6H,7H2,(H,14,15). The number of amides is 1. The molecule has 0 aliphatic rings. The number of carbonyl (C=O) groups is 1. The van der Waals surface area contributed by atoms with Crippen LogP contribution >= 0.6 is 11.6 Å². The Labute approximate surface area is 102 Å². The highest BCUT2D eigenvalue weighted by Crippen LogP contribution is 2.13. The molecule has 6 heteroatoms. The lowest BCUT2D eigenvalue weighted by Gasteiger charge is -2.05. The van der Waals surface area contributed by atoms with Crippen LogP contribution in [0.1, 0.15) is 5.89 Å². The summed E-state index contributed by atoms with van der Waals surface area (Å²) in [6.07, 6.45) is 2.32. The molecule has 0 radical (unpaired) electrons. The molecule has 0 bridgehead atoms. The molecule has 1 aromatic carbocycles. The van der Waals surface area contributed by atoms with Gasteiger partial charge in [0.25, 0.3) is 0 Å². The number of halogens is 1. The molecule has 5 nitrogen and oxygen atoms in total. The van der Waals surface area contributed by atoms with Gasteiger partial charge in [-0.15, -0.1) is 0 Å². The monoisotopic (exact) mass is 252 g/mol. The average molecular weight is 253 g/mol. The zero-order chi connectivity index (χ0) is 12.1. The zero-order valence-electron chi connectivity index (χ0n) is 8.72. The second kappa shape index (κ2) is 5.36. The molecular formula is C11H9ClN2O3. The zero-order valence-corrected chi connectivity index (χ0v) is 9.48. The summed E-state index contributed by atoms with van der Waals surface area (Å²) in [7, 11) is 0. The van der Waals surface area contributed by atoms with Gasteiger partial charge in [0.2, 0.25) is 5.89 Å². The molecule has 0 unspecified atom stereocenters. The number of nitrogens with zero attached hydrogens (tertiary/aromatic N) is 1. The topological polar surface area (TPSA) is 64.4 Å². The van der Waals surface area contributed by atoms with Crippen molar-refractivity contribution < 1.29 is 13.9 Å². The van der Waals surface area contributed by atoms with E-state index >= 15 is 0 Å². The van der Waals surface area contributed by atoms with Gasteiger partial charge in [0.1, 0.15) is 6.26 Å². The normalized spacial score (nSPS) is 9.94. The lowest BCUT2D eigenvalue weighted by atomic mass is 10.3. The van der Waals surface area contributed by atoms with Crippen molar-refractivity contribution in [3.8, 4) is 0 Å². The van der Waals surface area contributed by atoms with Crippen molar-refractivity contribution in [1.29, 1.82) is 0 Å². The highest BCUT2D eigenvalue weighted by molar-refractivity contribution is 6.30. The van der Waals surface area contributed by atoms with E-state index in [9.17, 15) is 4.79 Å². The molecule has 1 aromatic heterocycles. The summed E-state index contributed by atoms with van der Waals surface area (Å²) in [5, 5.41) is 3.14. The van der Waals surface area contributed by atoms with E-state index < -0.39 is 6.09 Å². The number of benzene rings is 1. The minimum atomic E-state index is -0.578. The third kappa shape index (κ3) is 3.49. The van der Waals surface area contributed by atoms with Crippen LogP contribution in [0.2, 0.25) is 5.02 Å². The quantitative estimate of drug-likeness (QED) is 0.912. The van der Waals surface area contributed by atoms with Crippen LogP contribution in [-0.4, -0.2) is 11.1 Å². The second-order valence-electron chi connectivity index (χ2n) is 3.13. The summed E-state index contributed by atoms with van der Waals surface area (Å²) >= 11 is 5.71. The van der Waals surface area contributed by atoms with Crippen molar-refractivity contribution in [3.05, 3.63) is 47.6 Å². The Kier molecular flexibility index (Phi) is 3.62. The smallest absolute Gasteiger partial charge is 0.412 e. The molecule has 2 aromatic rings. The number of ether oxygens (including phenoxy) is 1. The highest BCUT2D eigenvalue weighted by atomic mass is 35.5. The molecule has 1 amide bonds. The van der Waals surface area contributed by atoms with Crippen molar-refractivity contribution in [2.45, 2.75) is 6.61 Å². The fourth-order valence-electron chi connectivity index (χ4n) is 1.14. The first-order valence-electron chi connectivity index (χ1n) is 4.82. The molecule has 0 fully saturated rings. The van der Waals surface area contributed by atoms with Crippen LogP contribution in [0.5, 0.6) is 0 Å². The minimum absolute atomic E-state index is 0.00752. The van der Waals surface area contributed by atoms with E-state index in [2.05, 4.69) is 10.3 Å². The molecule has 17 heavy (non-hydrogen) atoms. The van der Waals surface area contributed by atoms with E-state index in [1.807, 2.05) is 0 Å². The van der Waals surface area contributed by atoms with Crippen LogP contribution in [0.15, 0.2) is 41.1 Å². The van der Waals surface area contributed by atoms with Crippen LogP contribution < -0.4 is 5.32 Å².